The second-order valence-corrected chi connectivity index (χ2v) is 5.19. The number of aliphatic hydroxyl groups is 2. The summed E-state index contributed by atoms with van der Waals surface area (Å²) in [5.41, 5.74) is -1.31. The molecule has 0 aromatic rings. The molecule has 2 N–H and O–H groups in total. The number of ether oxygens (including phenoxy) is 1. The third-order valence-electron chi connectivity index (χ3n) is 3.43. The fraction of sp³-hybridized carbons (Fsp3) is 0.917. The van der Waals surface area contributed by atoms with Gasteiger partial charge in [0.2, 0.25) is 0 Å². The van der Waals surface area contributed by atoms with Gasteiger partial charge in [0.05, 0.1) is 6.61 Å². The minimum Gasteiger partial charge on any atom is -0.465 e. The highest BCUT2D eigenvalue weighted by molar-refractivity contribution is 5.76. The fourth-order valence-electron chi connectivity index (χ4n) is 0.985. The Kier molecular flexibility index (Phi) is 5.42. The van der Waals surface area contributed by atoms with E-state index >= 15 is 0 Å². The normalized spacial score (nSPS) is 13.0. The molecular weight excluding hydrogens is 208 g/mol. The highest BCUT2D eigenvalue weighted by Gasteiger charge is 2.37. The van der Waals surface area contributed by atoms with Gasteiger partial charge in [0.15, 0.2) is 6.29 Å². The predicted octanol–water partition coefficient (Wildman–Crippen LogP) is 1.69. The van der Waals surface area contributed by atoms with E-state index in [1.54, 1.807) is 0 Å². The van der Waals surface area contributed by atoms with Crippen molar-refractivity contribution in [3.8, 4) is 0 Å². The lowest BCUT2D eigenvalue weighted by Crippen LogP contribution is -2.40. The molecule has 0 aliphatic heterocycles. The van der Waals surface area contributed by atoms with Crippen molar-refractivity contribution in [1.82, 2.24) is 0 Å². The SMILES string of the molecule is CCC(C)(CC)COC(=O)C(C)(C)C(O)O. The second-order valence-electron chi connectivity index (χ2n) is 5.19. The second kappa shape index (κ2) is 5.64. The van der Waals surface area contributed by atoms with Crippen LogP contribution in [-0.2, 0) is 9.53 Å². The van der Waals surface area contributed by atoms with Crippen molar-refractivity contribution < 1.29 is 19.7 Å². The smallest absolute Gasteiger partial charge is 0.316 e. The topological polar surface area (TPSA) is 66.8 Å². The van der Waals surface area contributed by atoms with Gasteiger partial charge in [0.25, 0.3) is 0 Å². The number of hydrogen-bond donors (Lipinski definition) is 2. The van der Waals surface area contributed by atoms with Gasteiger partial charge in [0.1, 0.15) is 5.41 Å². The molecule has 0 aliphatic rings. The lowest BCUT2D eigenvalue weighted by molar-refractivity contribution is -0.183. The maximum Gasteiger partial charge on any atom is 0.316 e. The molecule has 0 aliphatic carbocycles. The first-order chi connectivity index (χ1) is 7.19. The van der Waals surface area contributed by atoms with Crippen LogP contribution < -0.4 is 0 Å². The zero-order valence-electron chi connectivity index (χ0n) is 10.9. The van der Waals surface area contributed by atoms with Gasteiger partial charge < -0.3 is 14.9 Å². The van der Waals surface area contributed by atoms with Crippen LogP contribution in [-0.4, -0.2) is 29.1 Å². The predicted molar refractivity (Wildman–Crippen MR) is 61.7 cm³/mol. The third kappa shape index (κ3) is 3.76. The van der Waals surface area contributed by atoms with Gasteiger partial charge in [-0.1, -0.05) is 20.8 Å². The van der Waals surface area contributed by atoms with E-state index in [0.717, 1.165) is 12.8 Å². The Balaban J connectivity index is 4.38. The molecule has 0 aromatic heterocycles. The molecule has 0 unspecified atom stereocenters. The van der Waals surface area contributed by atoms with Crippen LogP contribution in [0, 0.1) is 10.8 Å². The van der Waals surface area contributed by atoms with Crippen LogP contribution >= 0.6 is 0 Å². The van der Waals surface area contributed by atoms with E-state index in [9.17, 15) is 4.79 Å². The summed E-state index contributed by atoms with van der Waals surface area (Å²) in [5.74, 6) is -0.573. The van der Waals surface area contributed by atoms with Crippen molar-refractivity contribution >= 4 is 5.97 Å². The van der Waals surface area contributed by atoms with Crippen molar-refractivity contribution in [2.24, 2.45) is 10.8 Å². The quantitative estimate of drug-likeness (QED) is 0.540. The summed E-state index contributed by atoms with van der Waals surface area (Å²) < 4.78 is 5.16. The maximum atomic E-state index is 11.6. The zero-order chi connectivity index (χ0) is 13.0. The van der Waals surface area contributed by atoms with Gasteiger partial charge in [-0.15, -0.1) is 0 Å². The van der Waals surface area contributed by atoms with Gasteiger partial charge >= 0.3 is 5.97 Å². The first-order valence-electron chi connectivity index (χ1n) is 5.73. The lowest BCUT2D eigenvalue weighted by Gasteiger charge is -2.29. The number of aliphatic hydroxyl groups excluding tert-OH is 1. The molecule has 0 bridgehead atoms. The van der Waals surface area contributed by atoms with Crippen molar-refractivity contribution in [2.45, 2.75) is 53.8 Å². The average Bonchev–Trinajstić information content (AvgIpc) is 2.25. The van der Waals surface area contributed by atoms with Gasteiger partial charge in [-0.3, -0.25) is 4.79 Å². The number of esters is 1. The molecule has 0 saturated heterocycles. The Labute approximate surface area is 97.6 Å². The third-order valence-corrected chi connectivity index (χ3v) is 3.43. The van der Waals surface area contributed by atoms with Gasteiger partial charge in [0, 0.05) is 5.41 Å². The van der Waals surface area contributed by atoms with Crippen LogP contribution in [0.1, 0.15) is 47.5 Å². The highest BCUT2D eigenvalue weighted by atomic mass is 16.5. The van der Waals surface area contributed by atoms with Crippen LogP contribution in [0.3, 0.4) is 0 Å². The van der Waals surface area contributed by atoms with E-state index in [-0.39, 0.29) is 5.41 Å². The van der Waals surface area contributed by atoms with Crippen molar-refractivity contribution in [3.63, 3.8) is 0 Å². The Hall–Kier alpha value is -0.610. The number of rotatable bonds is 6. The lowest BCUT2D eigenvalue weighted by atomic mass is 9.85. The molecule has 0 fully saturated rings. The molecule has 96 valence electrons. The van der Waals surface area contributed by atoms with Gasteiger partial charge in [-0.25, -0.2) is 0 Å². The summed E-state index contributed by atoms with van der Waals surface area (Å²) in [5, 5.41) is 18.1. The van der Waals surface area contributed by atoms with E-state index in [2.05, 4.69) is 0 Å². The molecule has 4 nitrogen and oxygen atoms in total. The van der Waals surface area contributed by atoms with Crippen LogP contribution in [0.25, 0.3) is 0 Å². The maximum absolute atomic E-state index is 11.6. The largest absolute Gasteiger partial charge is 0.465 e. The van der Waals surface area contributed by atoms with Crippen molar-refractivity contribution in [2.75, 3.05) is 6.61 Å². The zero-order valence-corrected chi connectivity index (χ0v) is 10.9. The summed E-state index contributed by atoms with van der Waals surface area (Å²) in [6.07, 6.45) is 0.132. The minimum atomic E-state index is -1.70. The Morgan fingerprint density at radius 2 is 1.62 bits per heavy atom. The van der Waals surface area contributed by atoms with Crippen LogP contribution in [0.15, 0.2) is 0 Å². The number of carbonyl (C=O) groups is 1. The monoisotopic (exact) mass is 232 g/mol. The highest BCUT2D eigenvalue weighted by Crippen LogP contribution is 2.28. The van der Waals surface area contributed by atoms with Gasteiger partial charge in [-0.2, -0.15) is 0 Å². The van der Waals surface area contributed by atoms with Gasteiger partial charge in [-0.05, 0) is 26.7 Å². The summed E-state index contributed by atoms with van der Waals surface area (Å²) in [6.45, 7) is 9.36. The molecule has 0 radical (unpaired) electrons. The first-order valence-corrected chi connectivity index (χ1v) is 5.73. The molecular formula is C12H24O4. The summed E-state index contributed by atoms with van der Waals surface area (Å²) >= 11 is 0. The average molecular weight is 232 g/mol. The molecule has 0 spiro atoms. The molecule has 16 heavy (non-hydrogen) atoms. The van der Waals surface area contributed by atoms with Crippen LogP contribution in [0.4, 0.5) is 0 Å². The Morgan fingerprint density at radius 3 is 1.94 bits per heavy atom. The molecule has 0 rings (SSSR count). The Bertz CT molecular complexity index is 229. The van der Waals surface area contributed by atoms with E-state index in [1.807, 2.05) is 20.8 Å². The van der Waals surface area contributed by atoms with Crippen LogP contribution in [0.5, 0.6) is 0 Å². The summed E-state index contributed by atoms with van der Waals surface area (Å²) in [6, 6.07) is 0. The molecule has 0 aromatic carbocycles. The minimum absolute atomic E-state index is 0.0356. The molecule has 0 amide bonds. The van der Waals surface area contributed by atoms with Crippen molar-refractivity contribution in [3.05, 3.63) is 0 Å². The Morgan fingerprint density at radius 1 is 1.19 bits per heavy atom. The standard InChI is InChI=1S/C12H24O4/c1-6-12(5,7-2)8-16-10(15)11(3,4)9(13)14/h9,13-14H,6-8H2,1-5H3. The van der Waals surface area contributed by atoms with E-state index in [1.165, 1.54) is 13.8 Å². The van der Waals surface area contributed by atoms with E-state index in [0.29, 0.717) is 6.61 Å². The summed E-state index contributed by atoms with van der Waals surface area (Å²) in [4.78, 5) is 11.6. The van der Waals surface area contributed by atoms with E-state index < -0.39 is 17.7 Å². The molecule has 0 heterocycles. The number of carbonyl (C=O) groups excluding carboxylic acids is 1. The summed E-state index contributed by atoms with van der Waals surface area (Å²) in [7, 11) is 0. The van der Waals surface area contributed by atoms with Crippen molar-refractivity contribution in [1.29, 1.82) is 0 Å². The van der Waals surface area contributed by atoms with E-state index in [4.69, 9.17) is 14.9 Å². The van der Waals surface area contributed by atoms with Crippen LogP contribution in [0.2, 0.25) is 0 Å². The first kappa shape index (κ1) is 15.4. The molecule has 0 atom stereocenters. The molecule has 0 saturated carbocycles. The fourth-order valence-corrected chi connectivity index (χ4v) is 0.985. The number of hydrogen-bond acceptors (Lipinski definition) is 4. The molecule has 4 heteroatoms.